The quantitative estimate of drug-likeness (QED) is 0.573. The van der Waals surface area contributed by atoms with Crippen LogP contribution in [0.15, 0.2) is 24.3 Å². The second-order valence-corrected chi connectivity index (χ2v) is 4.19. The van der Waals surface area contributed by atoms with Gasteiger partial charge in [-0.3, -0.25) is 4.79 Å². The summed E-state index contributed by atoms with van der Waals surface area (Å²) >= 11 is 0. The van der Waals surface area contributed by atoms with Gasteiger partial charge in [0.2, 0.25) is 0 Å². The summed E-state index contributed by atoms with van der Waals surface area (Å²) in [7, 11) is 3.78. The second-order valence-electron chi connectivity index (χ2n) is 4.19. The van der Waals surface area contributed by atoms with Crippen molar-refractivity contribution in [2.75, 3.05) is 40.3 Å². The molecule has 0 radical (unpaired) electrons. The molecule has 1 aromatic rings. The third kappa shape index (κ3) is 6.22. The largest absolute Gasteiger partial charge is 0.492 e. The molecule has 0 atom stereocenters. The number of rotatable bonds is 9. The summed E-state index contributed by atoms with van der Waals surface area (Å²) in [5.74, 6) is 0.736. The van der Waals surface area contributed by atoms with E-state index in [0.29, 0.717) is 18.7 Å². The maximum absolute atomic E-state index is 11.8. The second kappa shape index (κ2) is 9.35. The Kier molecular flexibility index (Phi) is 7.62. The molecule has 0 heterocycles. The van der Waals surface area contributed by atoms with Crippen LogP contribution in [0.5, 0.6) is 5.75 Å². The number of amides is 1. The molecule has 5 nitrogen and oxygen atoms in total. The van der Waals surface area contributed by atoms with Crippen molar-refractivity contribution in [2.45, 2.75) is 6.42 Å². The number of ether oxygens (including phenoxy) is 1. The zero-order valence-electron chi connectivity index (χ0n) is 11.7. The lowest BCUT2D eigenvalue weighted by Crippen LogP contribution is -2.26. The fourth-order valence-electron chi connectivity index (χ4n) is 1.54. The first kappa shape index (κ1) is 15.5. The Morgan fingerprint density at radius 2 is 1.74 bits per heavy atom. The van der Waals surface area contributed by atoms with E-state index in [2.05, 4.69) is 16.0 Å². The molecule has 1 amide bonds. The van der Waals surface area contributed by atoms with Gasteiger partial charge in [-0.25, -0.2) is 0 Å². The highest BCUT2D eigenvalue weighted by Gasteiger charge is 2.04. The highest BCUT2D eigenvalue weighted by molar-refractivity contribution is 5.94. The SMILES string of the molecule is CNCCCNC(=O)c1ccc(OCCNC)cc1. The summed E-state index contributed by atoms with van der Waals surface area (Å²) in [4.78, 5) is 11.8. The molecule has 0 spiro atoms. The molecule has 0 aromatic heterocycles. The van der Waals surface area contributed by atoms with E-state index in [-0.39, 0.29) is 5.91 Å². The van der Waals surface area contributed by atoms with Crippen LogP contribution < -0.4 is 20.7 Å². The van der Waals surface area contributed by atoms with Gasteiger partial charge in [0.15, 0.2) is 0 Å². The van der Waals surface area contributed by atoms with Crippen molar-refractivity contribution in [1.29, 1.82) is 0 Å². The number of likely N-dealkylation sites (N-methyl/N-ethyl adjacent to an activating group) is 1. The van der Waals surface area contributed by atoms with E-state index in [4.69, 9.17) is 4.74 Å². The van der Waals surface area contributed by atoms with Crippen LogP contribution in [0, 0.1) is 0 Å². The van der Waals surface area contributed by atoms with Crippen molar-refractivity contribution < 1.29 is 9.53 Å². The first-order valence-corrected chi connectivity index (χ1v) is 6.58. The Morgan fingerprint density at radius 3 is 2.37 bits per heavy atom. The summed E-state index contributed by atoms with van der Waals surface area (Å²) in [6.45, 7) is 3.00. The minimum absolute atomic E-state index is 0.0436. The van der Waals surface area contributed by atoms with Gasteiger partial charge in [-0.05, 0) is 51.3 Å². The van der Waals surface area contributed by atoms with Gasteiger partial charge in [-0.15, -0.1) is 0 Å². The highest BCUT2D eigenvalue weighted by atomic mass is 16.5. The van der Waals surface area contributed by atoms with Crippen LogP contribution >= 0.6 is 0 Å². The predicted octanol–water partition coefficient (Wildman–Crippen LogP) is 0.624. The molecule has 0 fully saturated rings. The molecule has 0 aliphatic heterocycles. The number of benzene rings is 1. The molecule has 1 aromatic carbocycles. The average molecular weight is 265 g/mol. The van der Waals surface area contributed by atoms with E-state index < -0.39 is 0 Å². The van der Waals surface area contributed by atoms with Gasteiger partial charge in [0, 0.05) is 18.7 Å². The highest BCUT2D eigenvalue weighted by Crippen LogP contribution is 2.11. The third-order valence-corrected chi connectivity index (χ3v) is 2.63. The van der Waals surface area contributed by atoms with Crippen LogP contribution in [0.2, 0.25) is 0 Å². The van der Waals surface area contributed by atoms with Gasteiger partial charge in [-0.2, -0.15) is 0 Å². The maximum atomic E-state index is 11.8. The first-order valence-electron chi connectivity index (χ1n) is 6.58. The molecule has 0 aliphatic rings. The zero-order valence-corrected chi connectivity index (χ0v) is 11.7. The van der Waals surface area contributed by atoms with E-state index in [0.717, 1.165) is 25.3 Å². The van der Waals surface area contributed by atoms with E-state index in [1.807, 2.05) is 26.2 Å². The van der Waals surface area contributed by atoms with E-state index in [1.54, 1.807) is 12.1 Å². The van der Waals surface area contributed by atoms with Crippen LogP contribution in [-0.2, 0) is 0 Å². The number of hydrogen-bond acceptors (Lipinski definition) is 4. The lowest BCUT2D eigenvalue weighted by molar-refractivity contribution is 0.0953. The minimum atomic E-state index is -0.0436. The molecular formula is C14H23N3O2. The van der Waals surface area contributed by atoms with Crippen LogP contribution in [0.1, 0.15) is 16.8 Å². The lowest BCUT2D eigenvalue weighted by Gasteiger charge is -2.07. The summed E-state index contributed by atoms with van der Waals surface area (Å²) < 4.78 is 5.49. The molecule has 106 valence electrons. The third-order valence-electron chi connectivity index (χ3n) is 2.63. The van der Waals surface area contributed by atoms with Crippen LogP contribution in [0.3, 0.4) is 0 Å². The normalized spacial score (nSPS) is 10.2. The zero-order chi connectivity index (χ0) is 13.9. The molecule has 5 heteroatoms. The van der Waals surface area contributed by atoms with Gasteiger partial charge in [0.1, 0.15) is 12.4 Å². The molecule has 19 heavy (non-hydrogen) atoms. The maximum Gasteiger partial charge on any atom is 0.251 e. The molecule has 0 unspecified atom stereocenters. The predicted molar refractivity (Wildman–Crippen MR) is 76.7 cm³/mol. The summed E-state index contributed by atoms with van der Waals surface area (Å²) in [5, 5.41) is 8.92. The molecule has 0 saturated carbocycles. The molecule has 3 N–H and O–H groups in total. The van der Waals surface area contributed by atoms with E-state index >= 15 is 0 Å². The molecular weight excluding hydrogens is 242 g/mol. The number of carbonyl (C=O) groups is 1. The Labute approximate surface area is 114 Å². The Hall–Kier alpha value is -1.59. The standard InChI is InChI=1S/C14H23N3O2/c1-15-8-3-9-17-14(18)12-4-6-13(7-5-12)19-11-10-16-2/h4-7,15-16H,3,8-11H2,1-2H3,(H,17,18). The Morgan fingerprint density at radius 1 is 1.05 bits per heavy atom. The summed E-state index contributed by atoms with van der Waals surface area (Å²) in [6, 6.07) is 7.20. The number of nitrogens with one attached hydrogen (secondary N) is 3. The minimum Gasteiger partial charge on any atom is -0.492 e. The summed E-state index contributed by atoms with van der Waals surface area (Å²) in [5.41, 5.74) is 0.658. The van der Waals surface area contributed by atoms with Crippen LogP contribution in [0.25, 0.3) is 0 Å². The Bertz CT molecular complexity index is 365. The number of hydrogen-bond donors (Lipinski definition) is 3. The van der Waals surface area contributed by atoms with Crippen LogP contribution in [0.4, 0.5) is 0 Å². The smallest absolute Gasteiger partial charge is 0.251 e. The average Bonchev–Trinajstić information content (AvgIpc) is 2.44. The monoisotopic (exact) mass is 265 g/mol. The van der Waals surface area contributed by atoms with Gasteiger partial charge in [0.05, 0.1) is 0 Å². The molecule has 1 rings (SSSR count). The van der Waals surface area contributed by atoms with Crippen molar-refractivity contribution in [1.82, 2.24) is 16.0 Å². The molecule has 0 saturated heterocycles. The van der Waals surface area contributed by atoms with Crippen molar-refractivity contribution in [3.8, 4) is 5.75 Å². The van der Waals surface area contributed by atoms with Crippen LogP contribution in [-0.4, -0.2) is 46.2 Å². The molecule has 0 bridgehead atoms. The Balaban J connectivity index is 2.35. The van der Waals surface area contributed by atoms with Gasteiger partial charge in [-0.1, -0.05) is 0 Å². The van der Waals surface area contributed by atoms with Crippen molar-refractivity contribution in [3.63, 3.8) is 0 Å². The van der Waals surface area contributed by atoms with Gasteiger partial charge >= 0.3 is 0 Å². The van der Waals surface area contributed by atoms with E-state index in [1.165, 1.54) is 0 Å². The number of carbonyl (C=O) groups excluding carboxylic acids is 1. The van der Waals surface area contributed by atoms with Gasteiger partial charge < -0.3 is 20.7 Å². The van der Waals surface area contributed by atoms with Gasteiger partial charge in [0.25, 0.3) is 5.91 Å². The first-order chi connectivity index (χ1) is 9.27. The van der Waals surface area contributed by atoms with Crippen molar-refractivity contribution in [3.05, 3.63) is 29.8 Å². The van der Waals surface area contributed by atoms with Crippen molar-refractivity contribution in [2.24, 2.45) is 0 Å². The van der Waals surface area contributed by atoms with E-state index in [9.17, 15) is 4.79 Å². The topological polar surface area (TPSA) is 62.4 Å². The molecule has 0 aliphatic carbocycles. The summed E-state index contributed by atoms with van der Waals surface area (Å²) in [6.07, 6.45) is 0.924. The lowest BCUT2D eigenvalue weighted by atomic mass is 10.2. The fraction of sp³-hybridized carbons (Fsp3) is 0.500. The van der Waals surface area contributed by atoms with Crippen molar-refractivity contribution >= 4 is 5.91 Å². The fourth-order valence-corrected chi connectivity index (χ4v) is 1.54.